The molecule has 1 unspecified atom stereocenters. The molecule has 2 nitrogen and oxygen atoms in total. The maximum atomic E-state index is 5.85. The van der Waals surface area contributed by atoms with Crippen molar-refractivity contribution in [2.75, 3.05) is 19.6 Å². The average molecular weight is 189 g/mol. The van der Waals surface area contributed by atoms with Gasteiger partial charge in [0.05, 0.1) is 0 Å². The Bertz CT molecular complexity index is 168. The first-order chi connectivity index (χ1) is 5.72. The van der Waals surface area contributed by atoms with Crippen LogP contribution in [0.25, 0.3) is 0 Å². The van der Waals surface area contributed by atoms with E-state index in [4.69, 9.17) is 17.3 Å². The first-order valence-electron chi connectivity index (χ1n) is 4.46. The first kappa shape index (κ1) is 10.0. The van der Waals surface area contributed by atoms with Gasteiger partial charge in [0.2, 0.25) is 0 Å². The highest BCUT2D eigenvalue weighted by molar-refractivity contribution is 6.25. The van der Waals surface area contributed by atoms with E-state index in [9.17, 15) is 0 Å². The topological polar surface area (TPSA) is 29.3 Å². The summed E-state index contributed by atoms with van der Waals surface area (Å²) in [4.78, 5) is 2.36. The van der Waals surface area contributed by atoms with E-state index in [2.05, 4.69) is 4.90 Å². The number of likely N-dealkylation sites (tertiary alicyclic amines) is 1. The molecule has 1 rings (SSSR count). The Morgan fingerprint density at radius 3 is 3.08 bits per heavy atom. The number of piperidine rings is 1. The van der Waals surface area contributed by atoms with Gasteiger partial charge in [-0.25, -0.2) is 0 Å². The summed E-state index contributed by atoms with van der Waals surface area (Å²) in [5, 5.41) is 0. The summed E-state index contributed by atoms with van der Waals surface area (Å²) in [6.07, 6.45) is 2.39. The molecule has 1 atom stereocenters. The van der Waals surface area contributed by atoms with Gasteiger partial charge in [-0.1, -0.05) is 11.6 Å². The standard InChI is InChI=1S/C9H17ClN2/c1-8(5-10)6-12-4-2-3-9(11)7-12/h5,9H,2-4,6-7,11H2,1H3/b8-5+. The second-order valence-electron chi connectivity index (χ2n) is 3.59. The summed E-state index contributed by atoms with van der Waals surface area (Å²) < 4.78 is 0. The number of rotatable bonds is 2. The van der Waals surface area contributed by atoms with Crippen LogP contribution in [0.1, 0.15) is 19.8 Å². The SMILES string of the molecule is C/C(=C\Cl)CN1CCCC(N)C1. The van der Waals surface area contributed by atoms with Crippen molar-refractivity contribution in [1.82, 2.24) is 4.90 Å². The Labute approximate surface area is 79.4 Å². The molecule has 0 aromatic heterocycles. The van der Waals surface area contributed by atoms with Gasteiger partial charge in [0.15, 0.2) is 0 Å². The zero-order chi connectivity index (χ0) is 8.97. The molecule has 1 saturated heterocycles. The minimum absolute atomic E-state index is 0.363. The highest BCUT2D eigenvalue weighted by Crippen LogP contribution is 2.10. The molecular formula is C9H17ClN2. The van der Waals surface area contributed by atoms with E-state index < -0.39 is 0 Å². The molecule has 1 aliphatic heterocycles. The largest absolute Gasteiger partial charge is 0.327 e. The zero-order valence-electron chi connectivity index (χ0n) is 7.59. The lowest BCUT2D eigenvalue weighted by atomic mass is 10.1. The monoisotopic (exact) mass is 188 g/mol. The van der Waals surface area contributed by atoms with E-state index in [1.807, 2.05) is 6.92 Å². The molecular weight excluding hydrogens is 172 g/mol. The molecule has 0 bridgehead atoms. The molecule has 0 aromatic rings. The van der Waals surface area contributed by atoms with Crippen molar-refractivity contribution in [3.05, 3.63) is 11.1 Å². The summed E-state index contributed by atoms with van der Waals surface area (Å²) in [6.45, 7) is 5.20. The van der Waals surface area contributed by atoms with Crippen LogP contribution in [0.5, 0.6) is 0 Å². The van der Waals surface area contributed by atoms with Crippen LogP contribution in [0.15, 0.2) is 11.1 Å². The minimum Gasteiger partial charge on any atom is -0.327 e. The number of hydrogen-bond donors (Lipinski definition) is 1. The first-order valence-corrected chi connectivity index (χ1v) is 4.90. The lowest BCUT2D eigenvalue weighted by Crippen LogP contribution is -2.43. The van der Waals surface area contributed by atoms with Gasteiger partial charge in [-0.15, -0.1) is 0 Å². The van der Waals surface area contributed by atoms with Crippen molar-refractivity contribution in [2.24, 2.45) is 5.73 Å². The second-order valence-corrected chi connectivity index (χ2v) is 3.81. The van der Waals surface area contributed by atoms with Crippen LogP contribution < -0.4 is 5.73 Å². The summed E-state index contributed by atoms with van der Waals surface area (Å²) in [7, 11) is 0. The highest BCUT2D eigenvalue weighted by atomic mass is 35.5. The van der Waals surface area contributed by atoms with E-state index in [0.29, 0.717) is 6.04 Å². The Hall–Kier alpha value is -0.0500. The molecule has 0 radical (unpaired) electrons. The Balaban J connectivity index is 2.32. The molecule has 2 N–H and O–H groups in total. The molecule has 3 heteroatoms. The van der Waals surface area contributed by atoms with Crippen LogP contribution >= 0.6 is 11.6 Å². The van der Waals surface area contributed by atoms with E-state index >= 15 is 0 Å². The Kier molecular flexibility index (Phi) is 4.06. The van der Waals surface area contributed by atoms with Crippen LogP contribution in [0.4, 0.5) is 0 Å². The molecule has 1 aliphatic rings. The van der Waals surface area contributed by atoms with Crippen molar-refractivity contribution < 1.29 is 0 Å². The fourth-order valence-corrected chi connectivity index (χ4v) is 1.69. The molecule has 0 amide bonds. The molecule has 1 fully saturated rings. The lowest BCUT2D eigenvalue weighted by molar-refractivity contribution is 0.225. The van der Waals surface area contributed by atoms with Crippen molar-refractivity contribution in [3.63, 3.8) is 0 Å². The molecule has 12 heavy (non-hydrogen) atoms. The Morgan fingerprint density at radius 2 is 2.50 bits per heavy atom. The number of nitrogens with two attached hydrogens (primary N) is 1. The molecule has 70 valence electrons. The maximum absolute atomic E-state index is 5.85. The highest BCUT2D eigenvalue weighted by Gasteiger charge is 2.15. The third-order valence-electron chi connectivity index (χ3n) is 2.20. The Morgan fingerprint density at radius 1 is 1.75 bits per heavy atom. The van der Waals surface area contributed by atoms with E-state index in [-0.39, 0.29) is 0 Å². The van der Waals surface area contributed by atoms with Gasteiger partial charge >= 0.3 is 0 Å². The van der Waals surface area contributed by atoms with Crippen LogP contribution in [0.2, 0.25) is 0 Å². The van der Waals surface area contributed by atoms with Crippen molar-refractivity contribution in [2.45, 2.75) is 25.8 Å². The number of halogens is 1. The second kappa shape index (κ2) is 4.85. The van der Waals surface area contributed by atoms with Crippen LogP contribution in [-0.2, 0) is 0 Å². The fourth-order valence-electron chi connectivity index (χ4n) is 1.62. The zero-order valence-corrected chi connectivity index (χ0v) is 8.35. The predicted molar refractivity (Wildman–Crippen MR) is 53.3 cm³/mol. The van der Waals surface area contributed by atoms with Gasteiger partial charge < -0.3 is 5.73 Å². The van der Waals surface area contributed by atoms with Gasteiger partial charge in [0, 0.05) is 24.7 Å². The summed E-state index contributed by atoms with van der Waals surface area (Å²) >= 11 is 5.59. The van der Waals surface area contributed by atoms with E-state index in [0.717, 1.165) is 19.6 Å². The smallest absolute Gasteiger partial charge is 0.0202 e. The van der Waals surface area contributed by atoms with Crippen molar-refractivity contribution in [1.29, 1.82) is 0 Å². The maximum Gasteiger partial charge on any atom is 0.0202 e. The van der Waals surface area contributed by atoms with Gasteiger partial charge in [0.1, 0.15) is 0 Å². The minimum atomic E-state index is 0.363. The predicted octanol–water partition coefficient (Wildman–Crippen LogP) is 1.55. The lowest BCUT2D eigenvalue weighted by Gasteiger charge is -2.30. The molecule has 0 aromatic carbocycles. The third kappa shape index (κ3) is 3.13. The number of hydrogen-bond acceptors (Lipinski definition) is 2. The van der Waals surface area contributed by atoms with Gasteiger partial charge in [-0.2, -0.15) is 0 Å². The van der Waals surface area contributed by atoms with Crippen LogP contribution in [0.3, 0.4) is 0 Å². The van der Waals surface area contributed by atoms with Crippen molar-refractivity contribution >= 4 is 11.6 Å². The summed E-state index contributed by atoms with van der Waals surface area (Å²) in [6, 6.07) is 0.363. The van der Waals surface area contributed by atoms with Gasteiger partial charge in [-0.3, -0.25) is 4.90 Å². The average Bonchev–Trinajstić information content (AvgIpc) is 2.04. The summed E-state index contributed by atoms with van der Waals surface area (Å²) in [5.74, 6) is 0. The molecule has 0 aliphatic carbocycles. The molecule has 1 heterocycles. The summed E-state index contributed by atoms with van der Waals surface area (Å²) in [5.41, 5.74) is 8.71. The van der Waals surface area contributed by atoms with Crippen LogP contribution in [0, 0.1) is 0 Å². The van der Waals surface area contributed by atoms with Gasteiger partial charge in [0.25, 0.3) is 0 Å². The van der Waals surface area contributed by atoms with Crippen LogP contribution in [-0.4, -0.2) is 30.6 Å². The third-order valence-corrected chi connectivity index (χ3v) is 2.57. The quantitative estimate of drug-likeness (QED) is 0.713. The number of nitrogens with zero attached hydrogens (tertiary/aromatic N) is 1. The fraction of sp³-hybridized carbons (Fsp3) is 0.778. The van der Waals surface area contributed by atoms with E-state index in [1.54, 1.807) is 5.54 Å². The van der Waals surface area contributed by atoms with Crippen molar-refractivity contribution in [3.8, 4) is 0 Å². The molecule has 0 spiro atoms. The normalized spacial score (nSPS) is 27.6. The van der Waals surface area contributed by atoms with E-state index in [1.165, 1.54) is 18.4 Å². The van der Waals surface area contributed by atoms with Gasteiger partial charge in [-0.05, 0) is 31.9 Å². The molecule has 0 saturated carbocycles.